The number of hydrogen-bond donors (Lipinski definition) is 1. The summed E-state index contributed by atoms with van der Waals surface area (Å²) in [4.78, 5) is 0. The van der Waals surface area contributed by atoms with Gasteiger partial charge in [-0.25, -0.2) is 4.68 Å². The monoisotopic (exact) mass is 234 g/mol. The second-order valence-electron chi connectivity index (χ2n) is 4.76. The summed E-state index contributed by atoms with van der Waals surface area (Å²) >= 11 is 0. The molecule has 0 saturated heterocycles. The van der Waals surface area contributed by atoms with Crippen molar-refractivity contribution in [2.45, 2.75) is 32.7 Å². The quantitative estimate of drug-likeness (QED) is 0.850. The highest BCUT2D eigenvalue weighted by Gasteiger charge is 2.19. The molecule has 6 nitrogen and oxygen atoms in total. The molecule has 2 rings (SSSR count). The van der Waals surface area contributed by atoms with Gasteiger partial charge in [0.1, 0.15) is 11.4 Å². The highest BCUT2D eigenvalue weighted by molar-refractivity contribution is 5.34. The van der Waals surface area contributed by atoms with E-state index >= 15 is 0 Å². The van der Waals surface area contributed by atoms with E-state index < -0.39 is 5.54 Å². The summed E-state index contributed by atoms with van der Waals surface area (Å²) in [5.74, 6) is 0. The van der Waals surface area contributed by atoms with Gasteiger partial charge in [0, 0.05) is 7.05 Å². The topological polar surface area (TPSA) is 74.5 Å². The predicted octanol–water partition coefficient (Wildman–Crippen LogP) is 0.757. The van der Waals surface area contributed by atoms with Gasteiger partial charge in [-0.05, 0) is 20.3 Å². The molecule has 0 aliphatic rings. The SMILES string of the molecule is CCc1nn(C)cc1-n1cc(C(C)(C)N)nn1. The molecule has 0 aliphatic carbocycles. The summed E-state index contributed by atoms with van der Waals surface area (Å²) < 4.78 is 3.51. The fraction of sp³-hybridized carbons (Fsp3) is 0.545. The third-order valence-electron chi connectivity index (χ3n) is 2.62. The van der Waals surface area contributed by atoms with Crippen molar-refractivity contribution in [1.29, 1.82) is 0 Å². The second-order valence-corrected chi connectivity index (χ2v) is 4.76. The molecular formula is C11H18N6. The van der Waals surface area contributed by atoms with Crippen molar-refractivity contribution in [3.8, 4) is 5.69 Å². The summed E-state index contributed by atoms with van der Waals surface area (Å²) in [5.41, 5.74) is 8.23. The molecule has 0 radical (unpaired) electrons. The van der Waals surface area contributed by atoms with E-state index in [0.717, 1.165) is 23.5 Å². The van der Waals surface area contributed by atoms with E-state index in [1.165, 1.54) is 0 Å². The molecule has 0 amide bonds. The van der Waals surface area contributed by atoms with E-state index in [0.29, 0.717) is 0 Å². The zero-order valence-corrected chi connectivity index (χ0v) is 10.7. The third kappa shape index (κ3) is 2.21. The minimum atomic E-state index is -0.479. The maximum Gasteiger partial charge on any atom is 0.107 e. The minimum absolute atomic E-state index is 0.479. The predicted molar refractivity (Wildman–Crippen MR) is 64.7 cm³/mol. The molecule has 2 heterocycles. The van der Waals surface area contributed by atoms with E-state index in [9.17, 15) is 0 Å². The second kappa shape index (κ2) is 3.96. The summed E-state index contributed by atoms with van der Waals surface area (Å²) in [6, 6.07) is 0. The van der Waals surface area contributed by atoms with Crippen LogP contribution in [0.4, 0.5) is 0 Å². The highest BCUT2D eigenvalue weighted by atomic mass is 15.4. The van der Waals surface area contributed by atoms with E-state index in [1.54, 1.807) is 9.36 Å². The van der Waals surface area contributed by atoms with Crippen LogP contribution in [0.3, 0.4) is 0 Å². The highest BCUT2D eigenvalue weighted by Crippen LogP contribution is 2.17. The lowest BCUT2D eigenvalue weighted by Gasteiger charge is -2.13. The Bertz CT molecular complexity index is 516. The zero-order valence-electron chi connectivity index (χ0n) is 10.7. The fourth-order valence-corrected chi connectivity index (χ4v) is 1.64. The van der Waals surface area contributed by atoms with Crippen molar-refractivity contribution in [2.75, 3.05) is 0 Å². The standard InChI is InChI=1S/C11H18N6/c1-5-8-9(6-16(4)14-8)17-7-10(13-15-17)11(2,3)12/h6-7H,5,12H2,1-4H3. The van der Waals surface area contributed by atoms with Crippen molar-refractivity contribution >= 4 is 0 Å². The van der Waals surface area contributed by atoms with Crippen LogP contribution >= 0.6 is 0 Å². The van der Waals surface area contributed by atoms with Gasteiger partial charge in [0.25, 0.3) is 0 Å². The van der Waals surface area contributed by atoms with Gasteiger partial charge in [-0.3, -0.25) is 4.68 Å². The summed E-state index contributed by atoms with van der Waals surface area (Å²) in [6.07, 6.45) is 4.65. The Morgan fingerprint density at radius 2 is 2.06 bits per heavy atom. The third-order valence-corrected chi connectivity index (χ3v) is 2.62. The Morgan fingerprint density at radius 3 is 2.59 bits per heavy atom. The molecule has 0 saturated carbocycles. The Morgan fingerprint density at radius 1 is 1.35 bits per heavy atom. The largest absolute Gasteiger partial charge is 0.320 e. The van der Waals surface area contributed by atoms with Gasteiger partial charge in [-0.2, -0.15) is 5.10 Å². The summed E-state index contributed by atoms with van der Waals surface area (Å²) in [6.45, 7) is 5.88. The first-order valence-electron chi connectivity index (χ1n) is 5.66. The van der Waals surface area contributed by atoms with Gasteiger partial charge in [0.2, 0.25) is 0 Å². The van der Waals surface area contributed by atoms with Crippen molar-refractivity contribution in [3.05, 3.63) is 23.8 Å². The first-order valence-corrected chi connectivity index (χ1v) is 5.66. The van der Waals surface area contributed by atoms with Crippen LogP contribution in [0.1, 0.15) is 32.2 Å². The van der Waals surface area contributed by atoms with Crippen LogP contribution in [-0.4, -0.2) is 24.8 Å². The van der Waals surface area contributed by atoms with Gasteiger partial charge in [0.15, 0.2) is 0 Å². The summed E-state index contributed by atoms with van der Waals surface area (Å²) in [7, 11) is 1.90. The molecule has 0 aliphatic heterocycles. The molecule has 92 valence electrons. The van der Waals surface area contributed by atoms with Crippen LogP contribution in [0.25, 0.3) is 5.69 Å². The molecule has 0 unspecified atom stereocenters. The minimum Gasteiger partial charge on any atom is -0.320 e. The van der Waals surface area contributed by atoms with Crippen molar-refractivity contribution < 1.29 is 0 Å². The number of nitrogens with zero attached hydrogens (tertiary/aromatic N) is 5. The van der Waals surface area contributed by atoms with Gasteiger partial charge < -0.3 is 5.73 Å². The lowest BCUT2D eigenvalue weighted by molar-refractivity contribution is 0.533. The average molecular weight is 234 g/mol. The Labute approximate surface area is 100 Å². The number of aryl methyl sites for hydroxylation is 2. The number of rotatable bonds is 3. The first kappa shape index (κ1) is 11.8. The van der Waals surface area contributed by atoms with Crippen molar-refractivity contribution in [2.24, 2.45) is 12.8 Å². The Balaban J connectivity index is 2.43. The van der Waals surface area contributed by atoms with E-state index in [2.05, 4.69) is 22.3 Å². The maximum atomic E-state index is 5.99. The fourth-order valence-electron chi connectivity index (χ4n) is 1.64. The number of nitrogens with two attached hydrogens (primary N) is 1. The number of hydrogen-bond acceptors (Lipinski definition) is 4. The summed E-state index contributed by atoms with van der Waals surface area (Å²) in [5, 5.41) is 12.6. The van der Waals surface area contributed by atoms with Crippen LogP contribution in [-0.2, 0) is 19.0 Å². The molecule has 2 N–H and O–H groups in total. The van der Waals surface area contributed by atoms with Crippen molar-refractivity contribution in [3.63, 3.8) is 0 Å². The molecule has 2 aromatic heterocycles. The van der Waals surface area contributed by atoms with Crippen LogP contribution in [0.15, 0.2) is 12.4 Å². The molecule has 0 bridgehead atoms. The first-order chi connectivity index (χ1) is 7.91. The van der Waals surface area contributed by atoms with Crippen LogP contribution in [0.2, 0.25) is 0 Å². The lowest BCUT2D eigenvalue weighted by Crippen LogP contribution is -2.29. The number of aromatic nitrogens is 5. The molecule has 6 heteroatoms. The molecule has 0 spiro atoms. The maximum absolute atomic E-state index is 5.99. The van der Waals surface area contributed by atoms with E-state index in [4.69, 9.17) is 5.73 Å². The van der Waals surface area contributed by atoms with Gasteiger partial charge >= 0.3 is 0 Å². The Hall–Kier alpha value is -1.69. The van der Waals surface area contributed by atoms with Crippen molar-refractivity contribution in [1.82, 2.24) is 24.8 Å². The van der Waals surface area contributed by atoms with Crippen LogP contribution in [0.5, 0.6) is 0 Å². The van der Waals surface area contributed by atoms with Gasteiger partial charge in [-0.1, -0.05) is 12.1 Å². The van der Waals surface area contributed by atoms with Crippen LogP contribution < -0.4 is 5.73 Å². The normalized spacial score (nSPS) is 12.1. The van der Waals surface area contributed by atoms with E-state index in [1.807, 2.05) is 33.3 Å². The average Bonchev–Trinajstić information content (AvgIpc) is 2.81. The molecule has 0 fully saturated rings. The Kier molecular flexibility index (Phi) is 2.74. The van der Waals surface area contributed by atoms with Crippen LogP contribution in [0, 0.1) is 0 Å². The van der Waals surface area contributed by atoms with Gasteiger partial charge in [-0.15, -0.1) is 5.10 Å². The molecule has 0 atom stereocenters. The molecule has 2 aromatic rings. The smallest absolute Gasteiger partial charge is 0.107 e. The molecular weight excluding hydrogens is 216 g/mol. The molecule has 0 aromatic carbocycles. The van der Waals surface area contributed by atoms with E-state index in [-0.39, 0.29) is 0 Å². The molecule has 17 heavy (non-hydrogen) atoms. The van der Waals surface area contributed by atoms with Gasteiger partial charge in [0.05, 0.1) is 23.6 Å². The lowest BCUT2D eigenvalue weighted by atomic mass is 10.0. The zero-order chi connectivity index (χ0) is 12.6.